The summed E-state index contributed by atoms with van der Waals surface area (Å²) in [4.78, 5) is 3.60. The van der Waals surface area contributed by atoms with Gasteiger partial charge in [0.25, 0.3) is 0 Å². The molecule has 14 heavy (non-hydrogen) atoms. The van der Waals surface area contributed by atoms with Crippen LogP contribution in [0.2, 0.25) is 5.02 Å². The first-order chi connectivity index (χ1) is 6.50. The minimum atomic E-state index is -4.41. The largest absolute Gasteiger partial charge is 0.433 e. The first-order valence-corrected chi connectivity index (χ1v) is 4.07. The fourth-order valence-corrected chi connectivity index (χ4v) is 1.40. The van der Waals surface area contributed by atoms with Crippen LogP contribution in [0.5, 0.6) is 0 Å². The Morgan fingerprint density at radius 1 is 1.36 bits per heavy atom. The number of imidazole rings is 1. The fourth-order valence-electron chi connectivity index (χ4n) is 1.19. The SMILES string of the molecule is FC(F)(F)c1cnc2c(Cl)cccn12. The van der Waals surface area contributed by atoms with Crippen LogP contribution in [-0.4, -0.2) is 9.38 Å². The maximum absolute atomic E-state index is 12.4. The van der Waals surface area contributed by atoms with Crippen molar-refractivity contribution in [3.63, 3.8) is 0 Å². The summed E-state index contributed by atoms with van der Waals surface area (Å²) in [6.45, 7) is 0. The third-order valence-electron chi connectivity index (χ3n) is 1.78. The monoisotopic (exact) mass is 220 g/mol. The molecule has 0 radical (unpaired) electrons. The van der Waals surface area contributed by atoms with E-state index in [0.717, 1.165) is 10.6 Å². The summed E-state index contributed by atoms with van der Waals surface area (Å²) in [5, 5.41) is 0.197. The molecule has 0 saturated carbocycles. The molecule has 0 aliphatic rings. The molecule has 0 unspecified atom stereocenters. The second kappa shape index (κ2) is 2.88. The normalized spacial score (nSPS) is 12.3. The third kappa shape index (κ3) is 1.33. The lowest BCUT2D eigenvalue weighted by molar-refractivity contribution is -0.141. The number of pyridine rings is 1. The van der Waals surface area contributed by atoms with Gasteiger partial charge in [-0.1, -0.05) is 11.6 Å². The van der Waals surface area contributed by atoms with Crippen molar-refractivity contribution in [1.82, 2.24) is 9.38 Å². The van der Waals surface area contributed by atoms with E-state index >= 15 is 0 Å². The van der Waals surface area contributed by atoms with E-state index < -0.39 is 11.9 Å². The summed E-state index contributed by atoms with van der Waals surface area (Å²) >= 11 is 5.67. The molecule has 0 fully saturated rings. The quantitative estimate of drug-likeness (QED) is 0.667. The molecule has 0 bridgehead atoms. The lowest BCUT2D eigenvalue weighted by atomic mass is 10.4. The number of hydrogen-bond donors (Lipinski definition) is 0. The molecule has 0 saturated heterocycles. The topological polar surface area (TPSA) is 17.3 Å². The van der Waals surface area contributed by atoms with Crippen LogP contribution in [0, 0.1) is 0 Å². The number of hydrogen-bond acceptors (Lipinski definition) is 1. The number of nitrogens with zero attached hydrogens (tertiary/aromatic N) is 2. The molecule has 0 aliphatic heterocycles. The molecule has 0 spiro atoms. The van der Waals surface area contributed by atoms with E-state index in [9.17, 15) is 13.2 Å². The average Bonchev–Trinajstić information content (AvgIpc) is 2.47. The highest BCUT2D eigenvalue weighted by Crippen LogP contribution is 2.30. The van der Waals surface area contributed by atoms with E-state index in [1.54, 1.807) is 0 Å². The van der Waals surface area contributed by atoms with Crippen LogP contribution in [0.15, 0.2) is 24.5 Å². The molecule has 6 heteroatoms. The summed E-state index contributed by atoms with van der Waals surface area (Å²) in [7, 11) is 0. The van der Waals surface area contributed by atoms with Crippen molar-refractivity contribution in [2.45, 2.75) is 6.18 Å². The van der Waals surface area contributed by atoms with Crippen LogP contribution in [0.25, 0.3) is 5.65 Å². The Morgan fingerprint density at radius 3 is 2.71 bits per heavy atom. The molecule has 0 aliphatic carbocycles. The number of fused-ring (bicyclic) bond motifs is 1. The predicted octanol–water partition coefficient (Wildman–Crippen LogP) is 3.01. The summed E-state index contributed by atoms with van der Waals surface area (Å²) in [5.41, 5.74) is -0.712. The highest BCUT2D eigenvalue weighted by molar-refractivity contribution is 6.33. The van der Waals surface area contributed by atoms with E-state index in [2.05, 4.69) is 4.98 Å². The Balaban J connectivity index is 2.76. The molecule has 0 atom stereocenters. The van der Waals surface area contributed by atoms with Gasteiger partial charge in [-0.3, -0.25) is 4.40 Å². The molecule has 2 heterocycles. The number of alkyl halides is 3. The zero-order chi connectivity index (χ0) is 10.3. The second-order valence-electron chi connectivity index (χ2n) is 2.69. The Labute approximate surface area is 81.9 Å². The van der Waals surface area contributed by atoms with Gasteiger partial charge in [0, 0.05) is 6.20 Å². The van der Waals surface area contributed by atoms with Crippen LogP contribution in [0.3, 0.4) is 0 Å². The minimum Gasteiger partial charge on any atom is -0.295 e. The first-order valence-electron chi connectivity index (χ1n) is 3.69. The van der Waals surface area contributed by atoms with E-state index in [1.165, 1.54) is 18.3 Å². The molecule has 2 nitrogen and oxygen atoms in total. The van der Waals surface area contributed by atoms with Crippen LogP contribution in [0.4, 0.5) is 13.2 Å². The summed E-state index contributed by atoms with van der Waals surface area (Å²) in [5.74, 6) is 0. The van der Waals surface area contributed by atoms with Crippen LogP contribution in [0.1, 0.15) is 5.69 Å². The molecule has 0 N–H and O–H groups in total. The van der Waals surface area contributed by atoms with Crippen molar-refractivity contribution in [2.75, 3.05) is 0 Å². The lowest BCUT2D eigenvalue weighted by Crippen LogP contribution is -2.08. The van der Waals surface area contributed by atoms with Gasteiger partial charge in [0.15, 0.2) is 5.65 Å². The molecule has 0 aromatic carbocycles. The lowest BCUT2D eigenvalue weighted by Gasteiger charge is -2.05. The van der Waals surface area contributed by atoms with Crippen molar-refractivity contribution in [3.8, 4) is 0 Å². The number of aromatic nitrogens is 2. The zero-order valence-corrected chi connectivity index (χ0v) is 7.47. The van der Waals surface area contributed by atoms with Gasteiger partial charge in [0.05, 0.1) is 11.2 Å². The molecule has 2 aromatic heterocycles. The number of halogens is 4. The molecule has 2 aromatic rings. The van der Waals surface area contributed by atoms with Crippen LogP contribution >= 0.6 is 11.6 Å². The van der Waals surface area contributed by atoms with Crippen LogP contribution < -0.4 is 0 Å². The van der Waals surface area contributed by atoms with Gasteiger partial charge in [0.2, 0.25) is 0 Å². The standard InChI is InChI=1S/C8H4ClF3N2/c9-5-2-1-3-14-6(8(10,11)12)4-13-7(5)14/h1-4H. The van der Waals surface area contributed by atoms with Gasteiger partial charge < -0.3 is 0 Å². The van der Waals surface area contributed by atoms with Crippen molar-refractivity contribution in [1.29, 1.82) is 0 Å². The molecular weight excluding hydrogens is 217 g/mol. The van der Waals surface area contributed by atoms with Gasteiger partial charge >= 0.3 is 6.18 Å². The third-order valence-corrected chi connectivity index (χ3v) is 2.07. The average molecular weight is 221 g/mol. The summed E-state index contributed by atoms with van der Waals surface area (Å²) < 4.78 is 38.1. The van der Waals surface area contributed by atoms with Gasteiger partial charge in [-0.05, 0) is 12.1 Å². The molecule has 74 valence electrons. The first kappa shape index (κ1) is 9.33. The second-order valence-corrected chi connectivity index (χ2v) is 3.10. The highest BCUT2D eigenvalue weighted by Gasteiger charge is 2.34. The van der Waals surface area contributed by atoms with E-state index in [4.69, 9.17) is 11.6 Å². The van der Waals surface area contributed by atoms with E-state index in [-0.39, 0.29) is 10.7 Å². The van der Waals surface area contributed by atoms with Crippen molar-refractivity contribution in [3.05, 3.63) is 35.2 Å². The van der Waals surface area contributed by atoms with Crippen molar-refractivity contribution in [2.24, 2.45) is 0 Å². The Morgan fingerprint density at radius 2 is 2.07 bits per heavy atom. The van der Waals surface area contributed by atoms with Gasteiger partial charge in [0.1, 0.15) is 5.69 Å². The van der Waals surface area contributed by atoms with Gasteiger partial charge in [-0.15, -0.1) is 0 Å². The number of rotatable bonds is 0. The molecule has 2 rings (SSSR count). The van der Waals surface area contributed by atoms with E-state index in [0.29, 0.717) is 0 Å². The maximum atomic E-state index is 12.4. The molecule has 0 amide bonds. The Kier molecular flexibility index (Phi) is 1.92. The summed E-state index contributed by atoms with van der Waals surface area (Å²) in [6, 6.07) is 2.93. The molecular formula is C8H4ClF3N2. The maximum Gasteiger partial charge on any atom is 0.433 e. The zero-order valence-electron chi connectivity index (χ0n) is 6.72. The highest BCUT2D eigenvalue weighted by atomic mass is 35.5. The smallest absolute Gasteiger partial charge is 0.295 e. The van der Waals surface area contributed by atoms with Gasteiger partial charge in [-0.2, -0.15) is 13.2 Å². The minimum absolute atomic E-state index is 0.112. The Hall–Kier alpha value is -1.23. The predicted molar refractivity (Wildman–Crippen MR) is 45.2 cm³/mol. The fraction of sp³-hybridized carbons (Fsp3) is 0.125. The van der Waals surface area contributed by atoms with E-state index in [1.807, 2.05) is 0 Å². The van der Waals surface area contributed by atoms with Crippen LogP contribution in [-0.2, 0) is 6.18 Å². The summed E-state index contributed by atoms with van der Waals surface area (Å²) in [6.07, 6.45) is -2.37. The van der Waals surface area contributed by atoms with Gasteiger partial charge in [-0.25, -0.2) is 4.98 Å². The Bertz CT molecular complexity index is 475. The van der Waals surface area contributed by atoms with Crippen molar-refractivity contribution < 1.29 is 13.2 Å². The van der Waals surface area contributed by atoms with Crippen molar-refractivity contribution >= 4 is 17.2 Å².